The van der Waals surface area contributed by atoms with E-state index in [0.717, 1.165) is 19.3 Å². The molecule has 1 rings (SSSR count). The molecule has 0 saturated carbocycles. The molecule has 0 radical (unpaired) electrons. The van der Waals surface area contributed by atoms with Crippen molar-refractivity contribution >= 4 is 11.6 Å². The van der Waals surface area contributed by atoms with Crippen LogP contribution in [0.2, 0.25) is 0 Å². The van der Waals surface area contributed by atoms with Gasteiger partial charge in [0.25, 0.3) is 0 Å². The molecule has 1 atom stereocenters. The summed E-state index contributed by atoms with van der Waals surface area (Å²) in [5.41, 5.74) is 5.19. The fraction of sp³-hybridized carbons (Fsp3) is 0.500. The van der Waals surface area contributed by atoms with Gasteiger partial charge in [0.1, 0.15) is 11.4 Å². The summed E-state index contributed by atoms with van der Waals surface area (Å²) in [6, 6.07) is 6.06. The lowest BCUT2D eigenvalue weighted by Crippen LogP contribution is -2.47. The van der Waals surface area contributed by atoms with Crippen molar-refractivity contribution in [3.05, 3.63) is 30.1 Å². The molecule has 0 aliphatic carbocycles. The summed E-state index contributed by atoms with van der Waals surface area (Å²) in [5.74, 6) is -0.747. The van der Waals surface area contributed by atoms with Crippen LogP contribution in [0.15, 0.2) is 24.3 Å². The number of nitrogens with two attached hydrogens (primary N) is 1. The summed E-state index contributed by atoms with van der Waals surface area (Å²) >= 11 is 0. The van der Waals surface area contributed by atoms with Crippen LogP contribution in [0, 0.1) is 5.82 Å². The number of carbonyl (C=O) groups is 1. The van der Waals surface area contributed by atoms with Crippen molar-refractivity contribution in [2.45, 2.75) is 45.1 Å². The van der Waals surface area contributed by atoms with E-state index in [-0.39, 0.29) is 5.82 Å². The zero-order chi connectivity index (χ0) is 13.6. The number of anilines is 1. The number of benzene rings is 1. The van der Waals surface area contributed by atoms with Gasteiger partial charge in [-0.15, -0.1) is 0 Å². The standard InChI is InChI=1S/C14H21FN2O/c1-3-4-5-9-14(2,13(16)18)17-12-8-6-7-11(15)10-12/h6-8,10,17H,3-5,9H2,1-2H3,(H2,16,18). The van der Waals surface area contributed by atoms with Crippen LogP contribution in [0.1, 0.15) is 39.5 Å². The van der Waals surface area contributed by atoms with E-state index < -0.39 is 11.4 Å². The summed E-state index contributed by atoms with van der Waals surface area (Å²) in [5, 5.41) is 3.04. The molecule has 100 valence electrons. The highest BCUT2D eigenvalue weighted by atomic mass is 19.1. The van der Waals surface area contributed by atoms with Gasteiger partial charge in [0.05, 0.1) is 0 Å². The predicted octanol–water partition coefficient (Wildman–Crippen LogP) is 3.06. The fourth-order valence-electron chi connectivity index (χ4n) is 1.86. The minimum absolute atomic E-state index is 0.333. The van der Waals surface area contributed by atoms with Crippen LogP contribution in [0.5, 0.6) is 0 Å². The van der Waals surface area contributed by atoms with Crippen LogP contribution in [0.4, 0.5) is 10.1 Å². The van der Waals surface area contributed by atoms with Gasteiger partial charge in [0, 0.05) is 5.69 Å². The first kappa shape index (κ1) is 14.5. The van der Waals surface area contributed by atoms with Crippen molar-refractivity contribution in [2.75, 3.05) is 5.32 Å². The van der Waals surface area contributed by atoms with Gasteiger partial charge in [-0.2, -0.15) is 0 Å². The summed E-state index contributed by atoms with van der Waals surface area (Å²) in [4.78, 5) is 11.6. The van der Waals surface area contributed by atoms with Crippen LogP contribution in [0.25, 0.3) is 0 Å². The molecular formula is C14H21FN2O. The molecular weight excluding hydrogens is 231 g/mol. The average molecular weight is 252 g/mol. The van der Waals surface area contributed by atoms with Crippen LogP contribution in [0.3, 0.4) is 0 Å². The van der Waals surface area contributed by atoms with E-state index in [9.17, 15) is 9.18 Å². The Labute approximate surface area is 108 Å². The number of halogens is 1. The molecule has 3 N–H and O–H groups in total. The highest BCUT2D eigenvalue weighted by Gasteiger charge is 2.30. The third kappa shape index (κ3) is 4.02. The first-order chi connectivity index (χ1) is 8.48. The Kier molecular flexibility index (Phi) is 5.13. The van der Waals surface area contributed by atoms with Gasteiger partial charge in [-0.1, -0.05) is 32.3 Å². The minimum Gasteiger partial charge on any atom is -0.371 e. The second-order valence-electron chi connectivity index (χ2n) is 4.79. The Morgan fingerprint density at radius 3 is 2.72 bits per heavy atom. The predicted molar refractivity (Wildman–Crippen MR) is 71.8 cm³/mol. The first-order valence-corrected chi connectivity index (χ1v) is 6.31. The lowest BCUT2D eigenvalue weighted by atomic mass is 9.93. The highest BCUT2D eigenvalue weighted by Crippen LogP contribution is 2.21. The Morgan fingerprint density at radius 1 is 1.44 bits per heavy atom. The van der Waals surface area contributed by atoms with Crippen LogP contribution in [-0.4, -0.2) is 11.4 Å². The maximum Gasteiger partial charge on any atom is 0.242 e. The smallest absolute Gasteiger partial charge is 0.242 e. The van der Waals surface area contributed by atoms with E-state index in [1.807, 2.05) is 0 Å². The monoisotopic (exact) mass is 252 g/mol. The number of rotatable bonds is 7. The van der Waals surface area contributed by atoms with Crippen molar-refractivity contribution in [3.8, 4) is 0 Å². The zero-order valence-corrected chi connectivity index (χ0v) is 11.0. The molecule has 0 aliphatic heterocycles. The molecule has 0 heterocycles. The molecule has 0 aliphatic rings. The van der Waals surface area contributed by atoms with E-state index in [0.29, 0.717) is 12.1 Å². The Morgan fingerprint density at radius 2 is 2.17 bits per heavy atom. The Balaban J connectivity index is 2.76. The van der Waals surface area contributed by atoms with Gasteiger partial charge in [0.2, 0.25) is 5.91 Å². The number of hydrogen-bond acceptors (Lipinski definition) is 2. The second kappa shape index (κ2) is 6.38. The van der Waals surface area contributed by atoms with Gasteiger partial charge in [-0.3, -0.25) is 4.79 Å². The normalized spacial score (nSPS) is 13.9. The number of primary amides is 1. The topological polar surface area (TPSA) is 55.1 Å². The van der Waals surface area contributed by atoms with Crippen molar-refractivity contribution < 1.29 is 9.18 Å². The molecule has 4 heteroatoms. The van der Waals surface area contributed by atoms with Crippen LogP contribution >= 0.6 is 0 Å². The SMILES string of the molecule is CCCCCC(C)(Nc1cccc(F)c1)C(N)=O. The van der Waals surface area contributed by atoms with Gasteiger partial charge < -0.3 is 11.1 Å². The van der Waals surface area contributed by atoms with Gasteiger partial charge in [0.15, 0.2) is 0 Å². The number of amides is 1. The molecule has 1 aromatic carbocycles. The lowest BCUT2D eigenvalue weighted by molar-refractivity contribution is -0.122. The van der Waals surface area contributed by atoms with E-state index in [1.165, 1.54) is 12.1 Å². The molecule has 3 nitrogen and oxygen atoms in total. The quantitative estimate of drug-likeness (QED) is 0.733. The number of unbranched alkanes of at least 4 members (excludes halogenated alkanes) is 2. The molecule has 0 bridgehead atoms. The third-order valence-corrected chi connectivity index (χ3v) is 3.07. The number of hydrogen-bond donors (Lipinski definition) is 2. The first-order valence-electron chi connectivity index (χ1n) is 6.31. The van der Waals surface area contributed by atoms with Crippen molar-refractivity contribution in [3.63, 3.8) is 0 Å². The van der Waals surface area contributed by atoms with E-state index >= 15 is 0 Å². The van der Waals surface area contributed by atoms with Crippen molar-refractivity contribution in [1.29, 1.82) is 0 Å². The van der Waals surface area contributed by atoms with E-state index in [4.69, 9.17) is 5.73 Å². The molecule has 0 fully saturated rings. The maximum absolute atomic E-state index is 13.1. The Hall–Kier alpha value is -1.58. The fourth-order valence-corrected chi connectivity index (χ4v) is 1.86. The van der Waals surface area contributed by atoms with E-state index in [1.54, 1.807) is 19.1 Å². The average Bonchev–Trinajstić information content (AvgIpc) is 2.29. The van der Waals surface area contributed by atoms with Gasteiger partial charge >= 0.3 is 0 Å². The summed E-state index contributed by atoms with van der Waals surface area (Å²) in [6.45, 7) is 3.86. The summed E-state index contributed by atoms with van der Waals surface area (Å²) < 4.78 is 13.1. The molecule has 1 unspecified atom stereocenters. The molecule has 0 aromatic heterocycles. The van der Waals surface area contributed by atoms with Crippen LogP contribution in [-0.2, 0) is 4.79 Å². The Bertz CT molecular complexity index is 409. The molecule has 0 spiro atoms. The minimum atomic E-state index is -0.830. The van der Waals surface area contributed by atoms with Gasteiger partial charge in [-0.05, 0) is 31.5 Å². The van der Waals surface area contributed by atoms with E-state index in [2.05, 4.69) is 12.2 Å². The van der Waals surface area contributed by atoms with Crippen LogP contribution < -0.4 is 11.1 Å². The van der Waals surface area contributed by atoms with Gasteiger partial charge in [-0.25, -0.2) is 4.39 Å². The highest BCUT2D eigenvalue weighted by molar-refractivity contribution is 5.87. The zero-order valence-electron chi connectivity index (χ0n) is 11.0. The summed E-state index contributed by atoms with van der Waals surface area (Å²) in [7, 11) is 0. The molecule has 18 heavy (non-hydrogen) atoms. The number of nitrogens with one attached hydrogen (secondary N) is 1. The van der Waals surface area contributed by atoms with Crippen molar-refractivity contribution in [1.82, 2.24) is 0 Å². The molecule has 1 aromatic rings. The number of carbonyl (C=O) groups excluding carboxylic acids is 1. The van der Waals surface area contributed by atoms with Crippen molar-refractivity contribution in [2.24, 2.45) is 5.73 Å². The maximum atomic E-state index is 13.1. The second-order valence-corrected chi connectivity index (χ2v) is 4.79. The lowest BCUT2D eigenvalue weighted by Gasteiger charge is -2.28. The third-order valence-electron chi connectivity index (χ3n) is 3.07. The molecule has 1 amide bonds. The summed E-state index contributed by atoms with van der Waals surface area (Å²) in [6.07, 6.45) is 3.69. The molecule has 0 saturated heterocycles. The largest absolute Gasteiger partial charge is 0.371 e.